The highest BCUT2D eigenvalue weighted by Gasteiger charge is 2.12. The van der Waals surface area contributed by atoms with Gasteiger partial charge in [0.15, 0.2) is 5.82 Å². The average Bonchev–Trinajstić information content (AvgIpc) is 2.81. The molecular weight excluding hydrogens is 413 g/mol. The lowest BCUT2D eigenvalue weighted by molar-refractivity contribution is 0.460. The summed E-state index contributed by atoms with van der Waals surface area (Å²) in [6, 6.07) is 20.1. The first-order valence-electron chi connectivity index (χ1n) is 9.58. The third kappa shape index (κ3) is 5.29. The summed E-state index contributed by atoms with van der Waals surface area (Å²) in [5, 5.41) is 2.91. The van der Waals surface area contributed by atoms with Crippen LogP contribution in [0.2, 0.25) is 0 Å². The molecule has 0 fully saturated rings. The minimum absolute atomic E-state index is 0.335. The Labute approximate surface area is 184 Å². The van der Waals surface area contributed by atoms with Crippen LogP contribution in [0, 0.1) is 5.82 Å². The van der Waals surface area contributed by atoms with Crippen LogP contribution in [-0.2, 0) is 5.75 Å². The Hall–Kier alpha value is -3.65. The molecule has 0 saturated heterocycles. The third-order valence-corrected chi connectivity index (χ3v) is 5.19. The predicted octanol–water partition coefficient (Wildman–Crippen LogP) is 5.77. The zero-order valence-electron chi connectivity index (χ0n) is 16.7. The van der Waals surface area contributed by atoms with Gasteiger partial charge < -0.3 is 14.8 Å². The van der Waals surface area contributed by atoms with E-state index in [4.69, 9.17) is 4.74 Å². The number of hydrogen-bond donors (Lipinski definition) is 2. The van der Waals surface area contributed by atoms with E-state index in [-0.39, 0.29) is 0 Å². The van der Waals surface area contributed by atoms with Crippen LogP contribution in [-0.4, -0.2) is 22.0 Å². The minimum atomic E-state index is -0.407. The molecule has 0 spiro atoms. The summed E-state index contributed by atoms with van der Waals surface area (Å²) in [6.45, 7) is 0. The van der Waals surface area contributed by atoms with Gasteiger partial charge in [-0.05, 0) is 47.8 Å². The highest BCUT2D eigenvalue weighted by atomic mass is 32.2. The van der Waals surface area contributed by atoms with Crippen molar-refractivity contribution < 1.29 is 9.13 Å². The van der Waals surface area contributed by atoms with Crippen LogP contribution in [0.15, 0.2) is 79.1 Å². The van der Waals surface area contributed by atoms with Crippen molar-refractivity contribution in [3.8, 4) is 22.9 Å². The molecule has 2 aromatic carbocycles. The molecule has 0 aliphatic heterocycles. The van der Waals surface area contributed by atoms with Gasteiger partial charge in [-0.1, -0.05) is 30.3 Å². The molecule has 0 unspecified atom stereocenters. The van der Waals surface area contributed by atoms with E-state index in [0.717, 1.165) is 11.3 Å². The maximum atomic E-state index is 14.6. The summed E-state index contributed by atoms with van der Waals surface area (Å²) in [7, 11) is 1.75. The number of hydrogen-bond acceptors (Lipinski definition) is 7. The monoisotopic (exact) mass is 433 g/mol. The summed E-state index contributed by atoms with van der Waals surface area (Å²) in [4.78, 5) is 12.8. The second-order valence-corrected chi connectivity index (χ2v) is 7.27. The maximum absolute atomic E-state index is 14.6. The Morgan fingerprint density at radius 1 is 0.968 bits per heavy atom. The first-order valence-corrected chi connectivity index (χ1v) is 10.6. The number of anilines is 2. The molecule has 2 N–H and O–H groups in total. The van der Waals surface area contributed by atoms with E-state index in [9.17, 15) is 4.39 Å². The number of halogens is 1. The molecule has 0 atom stereocenters. The average molecular weight is 434 g/mol. The van der Waals surface area contributed by atoms with Crippen molar-refractivity contribution in [3.63, 3.8) is 0 Å². The first-order chi connectivity index (χ1) is 15.2. The molecule has 2 heterocycles. The fourth-order valence-electron chi connectivity index (χ4n) is 2.82. The Bertz CT molecular complexity index is 1160. The molecule has 156 valence electrons. The lowest BCUT2D eigenvalue weighted by atomic mass is 10.2. The number of nitrogens with zero attached hydrogens (tertiary/aromatic N) is 3. The molecule has 31 heavy (non-hydrogen) atoms. The Kier molecular flexibility index (Phi) is 6.59. The third-order valence-electron chi connectivity index (χ3n) is 4.35. The van der Waals surface area contributed by atoms with Crippen molar-refractivity contribution in [3.05, 3.63) is 90.5 Å². The van der Waals surface area contributed by atoms with E-state index in [1.165, 1.54) is 18.0 Å². The summed E-state index contributed by atoms with van der Waals surface area (Å²) in [5.41, 5.74) is 2.89. The van der Waals surface area contributed by atoms with E-state index in [1.54, 1.807) is 43.7 Å². The molecular formula is C23H20FN5OS. The van der Waals surface area contributed by atoms with Crippen LogP contribution >= 0.6 is 11.9 Å². The summed E-state index contributed by atoms with van der Waals surface area (Å²) in [6.07, 6.45) is 3.27. The predicted molar refractivity (Wildman–Crippen MR) is 123 cm³/mol. The van der Waals surface area contributed by atoms with Crippen molar-refractivity contribution >= 4 is 23.6 Å². The van der Waals surface area contributed by atoms with Gasteiger partial charge in [0.2, 0.25) is 11.8 Å². The topological polar surface area (TPSA) is 72.0 Å². The second-order valence-electron chi connectivity index (χ2n) is 6.49. The van der Waals surface area contributed by atoms with E-state index >= 15 is 0 Å². The Morgan fingerprint density at radius 3 is 2.65 bits per heavy atom. The number of aromatic nitrogens is 3. The van der Waals surface area contributed by atoms with Gasteiger partial charge in [-0.2, -0.15) is 0 Å². The highest BCUT2D eigenvalue weighted by molar-refractivity contribution is 7.99. The highest BCUT2D eigenvalue weighted by Crippen LogP contribution is 2.32. The number of pyridine rings is 1. The van der Waals surface area contributed by atoms with Gasteiger partial charge in [-0.15, -0.1) is 0 Å². The van der Waals surface area contributed by atoms with E-state index in [0.29, 0.717) is 34.5 Å². The van der Waals surface area contributed by atoms with Gasteiger partial charge >= 0.3 is 0 Å². The van der Waals surface area contributed by atoms with Gasteiger partial charge in [0.05, 0.1) is 16.9 Å². The van der Waals surface area contributed by atoms with E-state index in [2.05, 4.69) is 25.0 Å². The van der Waals surface area contributed by atoms with Crippen molar-refractivity contribution in [1.82, 2.24) is 15.0 Å². The zero-order valence-corrected chi connectivity index (χ0v) is 17.6. The van der Waals surface area contributed by atoms with Crippen molar-refractivity contribution in [2.24, 2.45) is 0 Å². The first kappa shape index (κ1) is 20.6. The molecule has 0 aliphatic rings. The van der Waals surface area contributed by atoms with Crippen molar-refractivity contribution in [2.45, 2.75) is 5.75 Å². The fourth-order valence-corrected chi connectivity index (χ4v) is 3.57. The number of rotatable bonds is 8. The molecule has 0 radical (unpaired) electrons. The van der Waals surface area contributed by atoms with Crippen molar-refractivity contribution in [2.75, 3.05) is 17.1 Å². The molecule has 2 aromatic heterocycles. The minimum Gasteiger partial charge on any atom is -0.438 e. The normalized spacial score (nSPS) is 10.5. The molecule has 6 nitrogen and oxygen atoms in total. The maximum Gasteiger partial charge on any atom is 0.228 e. The number of benzene rings is 2. The molecule has 8 heteroatoms. The van der Waals surface area contributed by atoms with Gasteiger partial charge in [-0.3, -0.25) is 0 Å². The summed E-state index contributed by atoms with van der Waals surface area (Å²) >= 11 is 1.42. The lowest BCUT2D eigenvalue weighted by Crippen LogP contribution is -1.99. The molecule has 0 bridgehead atoms. The summed E-state index contributed by atoms with van der Waals surface area (Å²) < 4.78 is 23.5. The van der Waals surface area contributed by atoms with Crippen LogP contribution in [0.5, 0.6) is 11.6 Å². The fraction of sp³-hybridized carbons (Fsp3) is 0.0870. The van der Waals surface area contributed by atoms with Crippen LogP contribution in [0.3, 0.4) is 0 Å². The Balaban J connectivity index is 1.47. The second kappa shape index (κ2) is 9.90. The molecule has 0 saturated carbocycles. The van der Waals surface area contributed by atoms with Gasteiger partial charge in [0, 0.05) is 31.3 Å². The SMILES string of the molecule is CNc1nccc(-c2cccnc2Oc2ccc(NSCc3ccccc3)c(F)c2)n1. The van der Waals surface area contributed by atoms with Crippen LogP contribution < -0.4 is 14.8 Å². The molecule has 4 aromatic rings. The van der Waals surface area contributed by atoms with Crippen LogP contribution in [0.4, 0.5) is 16.0 Å². The number of nitrogens with one attached hydrogen (secondary N) is 2. The van der Waals surface area contributed by atoms with Gasteiger partial charge in [-0.25, -0.2) is 19.3 Å². The zero-order chi connectivity index (χ0) is 21.5. The molecule has 0 aliphatic carbocycles. The quantitative estimate of drug-likeness (QED) is 0.342. The Morgan fingerprint density at radius 2 is 1.84 bits per heavy atom. The largest absolute Gasteiger partial charge is 0.438 e. The van der Waals surface area contributed by atoms with E-state index in [1.807, 2.05) is 36.4 Å². The smallest absolute Gasteiger partial charge is 0.228 e. The van der Waals surface area contributed by atoms with Gasteiger partial charge in [0.1, 0.15) is 5.75 Å². The molecule has 4 rings (SSSR count). The van der Waals surface area contributed by atoms with Gasteiger partial charge in [0.25, 0.3) is 0 Å². The molecule has 0 amide bonds. The van der Waals surface area contributed by atoms with Crippen molar-refractivity contribution in [1.29, 1.82) is 0 Å². The summed E-state index contributed by atoms with van der Waals surface area (Å²) in [5.74, 6) is 1.49. The van der Waals surface area contributed by atoms with Crippen LogP contribution in [0.25, 0.3) is 11.3 Å². The van der Waals surface area contributed by atoms with E-state index < -0.39 is 5.82 Å². The van der Waals surface area contributed by atoms with Crippen LogP contribution in [0.1, 0.15) is 5.56 Å². The lowest BCUT2D eigenvalue weighted by Gasteiger charge is -2.12. The number of ether oxygens (including phenoxy) is 1. The standard InChI is InChI=1S/C23H20FN5OS/c1-25-23-27-13-11-20(28-23)18-8-5-12-26-22(18)30-17-9-10-21(19(24)14-17)29-31-15-16-6-3-2-4-7-16/h2-14,29H,15H2,1H3,(H,25,27,28).